The summed E-state index contributed by atoms with van der Waals surface area (Å²) < 4.78 is 0. The third-order valence-corrected chi connectivity index (χ3v) is 4.42. The van der Waals surface area contributed by atoms with E-state index in [1.54, 1.807) is 0 Å². The van der Waals surface area contributed by atoms with Crippen LogP contribution in [-0.2, 0) is 0 Å². The monoisotopic (exact) mass is 253 g/mol. The van der Waals surface area contributed by atoms with E-state index in [2.05, 4.69) is 5.32 Å². The molecule has 2 aliphatic rings. The number of nitrogens with two attached hydrogens (primary N) is 1. The van der Waals surface area contributed by atoms with Crippen LogP contribution < -0.4 is 11.1 Å². The van der Waals surface area contributed by atoms with E-state index < -0.39 is 0 Å². The molecule has 1 unspecified atom stereocenters. The number of nitrogens with zero attached hydrogens (tertiary/aromatic N) is 1. The number of amides is 2. The van der Waals surface area contributed by atoms with Crippen LogP contribution in [0.3, 0.4) is 0 Å². The molecule has 1 atom stereocenters. The van der Waals surface area contributed by atoms with Gasteiger partial charge < -0.3 is 16.0 Å². The Bertz CT molecular complexity index is 256. The molecule has 104 valence electrons. The number of rotatable bonds is 3. The highest BCUT2D eigenvalue weighted by Crippen LogP contribution is 2.27. The molecule has 0 spiro atoms. The van der Waals surface area contributed by atoms with Crippen LogP contribution in [0.15, 0.2) is 0 Å². The van der Waals surface area contributed by atoms with Gasteiger partial charge in [-0.1, -0.05) is 25.7 Å². The summed E-state index contributed by atoms with van der Waals surface area (Å²) in [6.07, 6.45) is 9.83. The summed E-state index contributed by atoms with van der Waals surface area (Å²) in [5.74, 6) is 0.603. The van der Waals surface area contributed by atoms with Crippen LogP contribution in [0, 0.1) is 5.92 Å². The van der Waals surface area contributed by atoms with Crippen molar-refractivity contribution in [3.63, 3.8) is 0 Å². The van der Waals surface area contributed by atoms with Crippen LogP contribution >= 0.6 is 0 Å². The smallest absolute Gasteiger partial charge is 0.317 e. The van der Waals surface area contributed by atoms with Gasteiger partial charge in [-0.05, 0) is 31.6 Å². The second kappa shape index (κ2) is 6.98. The molecule has 2 rings (SSSR count). The molecule has 4 nitrogen and oxygen atoms in total. The SMILES string of the molecule is NCC(NC(=O)N1CCCCCC1)C1CCCC1. The third kappa shape index (κ3) is 3.61. The number of hydrogen-bond donors (Lipinski definition) is 2. The second-order valence-electron chi connectivity index (χ2n) is 5.74. The van der Waals surface area contributed by atoms with E-state index in [0.29, 0.717) is 12.5 Å². The van der Waals surface area contributed by atoms with E-state index >= 15 is 0 Å². The summed E-state index contributed by atoms with van der Waals surface area (Å²) >= 11 is 0. The minimum Gasteiger partial charge on any atom is -0.334 e. The molecule has 1 saturated carbocycles. The van der Waals surface area contributed by atoms with Crippen LogP contribution in [-0.4, -0.2) is 36.6 Å². The molecular weight excluding hydrogens is 226 g/mol. The van der Waals surface area contributed by atoms with E-state index in [9.17, 15) is 4.79 Å². The van der Waals surface area contributed by atoms with Gasteiger partial charge in [0, 0.05) is 25.7 Å². The first-order valence-corrected chi connectivity index (χ1v) is 7.57. The van der Waals surface area contributed by atoms with E-state index in [1.807, 2.05) is 4.90 Å². The molecule has 1 aliphatic heterocycles. The van der Waals surface area contributed by atoms with E-state index in [0.717, 1.165) is 25.9 Å². The quantitative estimate of drug-likeness (QED) is 0.809. The Balaban J connectivity index is 1.83. The van der Waals surface area contributed by atoms with Crippen LogP contribution in [0.25, 0.3) is 0 Å². The van der Waals surface area contributed by atoms with Crippen LogP contribution in [0.4, 0.5) is 4.79 Å². The van der Waals surface area contributed by atoms with Gasteiger partial charge in [-0.15, -0.1) is 0 Å². The second-order valence-corrected chi connectivity index (χ2v) is 5.74. The average Bonchev–Trinajstić information content (AvgIpc) is 2.77. The predicted molar refractivity (Wildman–Crippen MR) is 73.4 cm³/mol. The Kier molecular flexibility index (Phi) is 5.29. The van der Waals surface area contributed by atoms with Gasteiger partial charge in [-0.3, -0.25) is 0 Å². The molecule has 1 heterocycles. The lowest BCUT2D eigenvalue weighted by Gasteiger charge is -2.28. The topological polar surface area (TPSA) is 58.4 Å². The highest BCUT2D eigenvalue weighted by atomic mass is 16.2. The van der Waals surface area contributed by atoms with Crippen molar-refractivity contribution in [2.45, 2.75) is 57.4 Å². The van der Waals surface area contributed by atoms with Crippen molar-refractivity contribution >= 4 is 6.03 Å². The first-order valence-electron chi connectivity index (χ1n) is 7.57. The van der Waals surface area contributed by atoms with Gasteiger partial charge in [0.15, 0.2) is 0 Å². The average molecular weight is 253 g/mol. The molecule has 1 aliphatic carbocycles. The number of carbonyl (C=O) groups excluding carboxylic acids is 1. The van der Waals surface area contributed by atoms with E-state index in [-0.39, 0.29) is 12.1 Å². The van der Waals surface area contributed by atoms with Gasteiger partial charge in [0.05, 0.1) is 0 Å². The van der Waals surface area contributed by atoms with Crippen molar-refractivity contribution in [1.29, 1.82) is 0 Å². The predicted octanol–water partition coefficient (Wildman–Crippen LogP) is 2.09. The lowest BCUT2D eigenvalue weighted by molar-refractivity contribution is 0.190. The summed E-state index contributed by atoms with van der Waals surface area (Å²) in [6.45, 7) is 2.39. The molecule has 2 amide bonds. The van der Waals surface area contributed by atoms with Crippen molar-refractivity contribution in [3.05, 3.63) is 0 Å². The normalized spacial score (nSPS) is 23.7. The standard InChI is InChI=1S/C14H27N3O/c15-11-13(12-7-3-4-8-12)16-14(18)17-9-5-1-2-6-10-17/h12-13H,1-11,15H2,(H,16,18). The Morgan fingerprint density at radius 1 is 1.11 bits per heavy atom. The van der Waals surface area contributed by atoms with Gasteiger partial charge in [0.1, 0.15) is 0 Å². The molecule has 0 aromatic rings. The van der Waals surface area contributed by atoms with Crippen molar-refractivity contribution in [3.8, 4) is 0 Å². The fourth-order valence-corrected chi connectivity index (χ4v) is 3.25. The van der Waals surface area contributed by atoms with Gasteiger partial charge in [-0.2, -0.15) is 0 Å². The maximum absolute atomic E-state index is 12.2. The van der Waals surface area contributed by atoms with Crippen LogP contribution in [0.1, 0.15) is 51.4 Å². The van der Waals surface area contributed by atoms with Gasteiger partial charge in [-0.25, -0.2) is 4.79 Å². The summed E-state index contributed by atoms with van der Waals surface area (Å²) in [4.78, 5) is 14.2. The molecule has 0 aromatic heterocycles. The molecule has 1 saturated heterocycles. The lowest BCUT2D eigenvalue weighted by Crippen LogP contribution is -2.50. The highest BCUT2D eigenvalue weighted by molar-refractivity contribution is 5.74. The first kappa shape index (κ1) is 13.7. The molecular formula is C14H27N3O. The number of carbonyl (C=O) groups is 1. The molecule has 4 heteroatoms. The zero-order valence-corrected chi connectivity index (χ0v) is 11.4. The number of nitrogens with one attached hydrogen (secondary N) is 1. The molecule has 3 N–H and O–H groups in total. The van der Waals surface area contributed by atoms with Gasteiger partial charge in [0.25, 0.3) is 0 Å². The fraction of sp³-hybridized carbons (Fsp3) is 0.929. The highest BCUT2D eigenvalue weighted by Gasteiger charge is 2.26. The number of likely N-dealkylation sites (tertiary alicyclic amines) is 1. The largest absolute Gasteiger partial charge is 0.334 e. The van der Waals surface area contributed by atoms with Crippen molar-refractivity contribution in [1.82, 2.24) is 10.2 Å². The molecule has 0 aromatic carbocycles. The maximum Gasteiger partial charge on any atom is 0.317 e. The van der Waals surface area contributed by atoms with Crippen LogP contribution in [0.5, 0.6) is 0 Å². The Labute approximate surface area is 110 Å². The Hall–Kier alpha value is -0.770. The van der Waals surface area contributed by atoms with E-state index in [4.69, 9.17) is 5.73 Å². The minimum atomic E-state index is 0.110. The fourth-order valence-electron chi connectivity index (χ4n) is 3.25. The van der Waals surface area contributed by atoms with Crippen molar-refractivity contribution in [2.24, 2.45) is 11.7 Å². The summed E-state index contributed by atoms with van der Waals surface area (Å²) in [7, 11) is 0. The number of urea groups is 1. The molecule has 18 heavy (non-hydrogen) atoms. The van der Waals surface area contributed by atoms with Gasteiger partial charge >= 0.3 is 6.03 Å². The number of hydrogen-bond acceptors (Lipinski definition) is 2. The van der Waals surface area contributed by atoms with E-state index in [1.165, 1.54) is 38.5 Å². The lowest BCUT2D eigenvalue weighted by atomic mass is 9.98. The summed E-state index contributed by atoms with van der Waals surface area (Å²) in [6, 6.07) is 0.294. The van der Waals surface area contributed by atoms with Crippen LogP contribution in [0.2, 0.25) is 0 Å². The van der Waals surface area contributed by atoms with Crippen molar-refractivity contribution < 1.29 is 4.79 Å². The molecule has 0 bridgehead atoms. The minimum absolute atomic E-state index is 0.110. The molecule has 0 radical (unpaired) electrons. The maximum atomic E-state index is 12.2. The Morgan fingerprint density at radius 2 is 1.72 bits per heavy atom. The van der Waals surface area contributed by atoms with Gasteiger partial charge in [0.2, 0.25) is 0 Å². The zero-order chi connectivity index (χ0) is 12.8. The molecule has 2 fully saturated rings. The first-order chi connectivity index (χ1) is 8.81. The zero-order valence-electron chi connectivity index (χ0n) is 11.4. The van der Waals surface area contributed by atoms with Crippen molar-refractivity contribution in [2.75, 3.05) is 19.6 Å². The Morgan fingerprint density at radius 3 is 2.28 bits per heavy atom. The third-order valence-electron chi connectivity index (χ3n) is 4.42. The summed E-state index contributed by atoms with van der Waals surface area (Å²) in [5, 5.41) is 3.17. The summed E-state index contributed by atoms with van der Waals surface area (Å²) in [5.41, 5.74) is 5.83.